The Morgan fingerprint density at radius 2 is 0.679 bits per heavy atom. The second-order valence-electron chi connectivity index (χ2n) is 13.9. The second kappa shape index (κ2) is 11.5. The Balaban J connectivity index is 1.16. The van der Waals surface area contributed by atoms with Crippen LogP contribution in [0.2, 0.25) is 0 Å². The SMILES string of the molecule is c1ccc(-c2nc(-c3ccc4c(c3)C3(c5ccccc5-c5ccccc53)c3ccccc3-4)nc(-c3ccc(-c4ccccc4)c4ccccc34)n2)cc1. The highest BCUT2D eigenvalue weighted by atomic mass is 15.0. The first kappa shape index (κ1) is 29.7. The number of hydrogen-bond acceptors (Lipinski definition) is 3. The Kier molecular flexibility index (Phi) is 6.47. The van der Waals surface area contributed by atoms with Crippen LogP contribution < -0.4 is 0 Å². The topological polar surface area (TPSA) is 38.7 Å². The Morgan fingerprint density at radius 3 is 1.28 bits per heavy atom. The van der Waals surface area contributed by atoms with Gasteiger partial charge in [0.2, 0.25) is 0 Å². The van der Waals surface area contributed by atoms with E-state index >= 15 is 0 Å². The number of aromatic nitrogens is 3. The monoisotopic (exact) mass is 673 g/mol. The first-order chi connectivity index (χ1) is 26.3. The summed E-state index contributed by atoms with van der Waals surface area (Å²) >= 11 is 0. The van der Waals surface area contributed by atoms with E-state index < -0.39 is 5.41 Å². The molecule has 0 saturated heterocycles. The number of fused-ring (bicyclic) bond motifs is 11. The molecule has 3 heteroatoms. The lowest BCUT2D eigenvalue weighted by atomic mass is 9.70. The van der Waals surface area contributed by atoms with Gasteiger partial charge in [-0.2, -0.15) is 0 Å². The van der Waals surface area contributed by atoms with Crippen LogP contribution in [0, 0.1) is 0 Å². The summed E-state index contributed by atoms with van der Waals surface area (Å²) in [6, 6.07) is 67.3. The third kappa shape index (κ3) is 4.31. The maximum atomic E-state index is 5.31. The van der Waals surface area contributed by atoms with Crippen molar-refractivity contribution in [2.45, 2.75) is 5.41 Å². The van der Waals surface area contributed by atoms with E-state index in [9.17, 15) is 0 Å². The van der Waals surface area contributed by atoms with Gasteiger partial charge in [0.05, 0.1) is 5.41 Å². The van der Waals surface area contributed by atoms with Gasteiger partial charge < -0.3 is 0 Å². The maximum absolute atomic E-state index is 5.31. The van der Waals surface area contributed by atoms with E-state index in [1.165, 1.54) is 55.6 Å². The van der Waals surface area contributed by atoms with E-state index in [0.717, 1.165) is 27.5 Å². The highest BCUT2D eigenvalue weighted by molar-refractivity contribution is 6.04. The highest BCUT2D eigenvalue weighted by Gasteiger charge is 2.51. The molecule has 0 N–H and O–H groups in total. The van der Waals surface area contributed by atoms with Gasteiger partial charge in [0.25, 0.3) is 0 Å². The van der Waals surface area contributed by atoms with Crippen molar-refractivity contribution in [3.05, 3.63) is 210 Å². The summed E-state index contributed by atoms with van der Waals surface area (Å²) in [6.45, 7) is 0. The van der Waals surface area contributed by atoms with Gasteiger partial charge in [0.1, 0.15) is 0 Å². The van der Waals surface area contributed by atoms with E-state index in [4.69, 9.17) is 15.0 Å². The number of benzene rings is 8. The van der Waals surface area contributed by atoms with Crippen LogP contribution in [0.3, 0.4) is 0 Å². The number of hydrogen-bond donors (Lipinski definition) is 0. The van der Waals surface area contributed by atoms with Gasteiger partial charge in [-0.1, -0.05) is 176 Å². The van der Waals surface area contributed by atoms with E-state index in [2.05, 4.69) is 170 Å². The lowest BCUT2D eigenvalue weighted by Gasteiger charge is -2.30. The predicted octanol–water partition coefficient (Wildman–Crippen LogP) is 12.0. The minimum absolute atomic E-state index is 0.448. The molecule has 2 aliphatic carbocycles. The first-order valence-corrected chi connectivity index (χ1v) is 18.1. The second-order valence-corrected chi connectivity index (χ2v) is 13.9. The summed E-state index contributed by atoms with van der Waals surface area (Å²) in [4.78, 5) is 15.7. The fourth-order valence-electron chi connectivity index (χ4n) is 8.94. The zero-order chi connectivity index (χ0) is 34.9. The molecule has 246 valence electrons. The van der Waals surface area contributed by atoms with Crippen molar-refractivity contribution in [2.24, 2.45) is 0 Å². The molecular weight excluding hydrogens is 643 g/mol. The van der Waals surface area contributed by atoms with Crippen LogP contribution in [-0.4, -0.2) is 15.0 Å². The number of rotatable bonds is 4. The molecule has 53 heavy (non-hydrogen) atoms. The summed E-state index contributed by atoms with van der Waals surface area (Å²) in [7, 11) is 0. The lowest BCUT2D eigenvalue weighted by Crippen LogP contribution is -2.25. The van der Waals surface area contributed by atoms with Crippen molar-refractivity contribution in [1.82, 2.24) is 15.0 Å². The summed E-state index contributed by atoms with van der Waals surface area (Å²) in [5.41, 5.74) is 15.1. The normalized spacial score (nSPS) is 13.1. The molecular formula is C50H31N3. The van der Waals surface area contributed by atoms with Crippen molar-refractivity contribution in [2.75, 3.05) is 0 Å². The minimum Gasteiger partial charge on any atom is -0.208 e. The minimum atomic E-state index is -0.448. The van der Waals surface area contributed by atoms with E-state index in [0.29, 0.717) is 17.5 Å². The Morgan fingerprint density at radius 1 is 0.264 bits per heavy atom. The zero-order valence-electron chi connectivity index (χ0n) is 28.7. The largest absolute Gasteiger partial charge is 0.208 e. The Labute approximate surface area is 308 Å². The van der Waals surface area contributed by atoms with E-state index in [1.807, 2.05) is 18.2 Å². The molecule has 3 nitrogen and oxygen atoms in total. The van der Waals surface area contributed by atoms with Gasteiger partial charge in [0, 0.05) is 16.7 Å². The lowest BCUT2D eigenvalue weighted by molar-refractivity contribution is 0.794. The van der Waals surface area contributed by atoms with Crippen LogP contribution in [0.4, 0.5) is 0 Å². The molecule has 1 aromatic heterocycles. The van der Waals surface area contributed by atoms with Gasteiger partial charge >= 0.3 is 0 Å². The van der Waals surface area contributed by atoms with Crippen molar-refractivity contribution in [3.8, 4) is 67.5 Å². The Bertz CT molecular complexity index is 2830. The number of nitrogens with zero attached hydrogens (tertiary/aromatic N) is 3. The van der Waals surface area contributed by atoms with Gasteiger partial charge in [-0.3, -0.25) is 0 Å². The summed E-state index contributed by atoms with van der Waals surface area (Å²) < 4.78 is 0. The first-order valence-electron chi connectivity index (χ1n) is 18.1. The molecule has 0 fully saturated rings. The van der Waals surface area contributed by atoms with Crippen LogP contribution in [0.5, 0.6) is 0 Å². The molecule has 1 spiro atoms. The third-order valence-electron chi connectivity index (χ3n) is 11.2. The summed E-state index contributed by atoms with van der Waals surface area (Å²) in [5, 5.41) is 2.27. The molecule has 8 aromatic carbocycles. The van der Waals surface area contributed by atoms with Gasteiger partial charge in [-0.25, -0.2) is 15.0 Å². The molecule has 0 radical (unpaired) electrons. The fourth-order valence-corrected chi connectivity index (χ4v) is 8.94. The third-order valence-corrected chi connectivity index (χ3v) is 11.2. The average molecular weight is 674 g/mol. The maximum Gasteiger partial charge on any atom is 0.164 e. The molecule has 0 saturated carbocycles. The van der Waals surface area contributed by atoms with Crippen molar-refractivity contribution in [1.29, 1.82) is 0 Å². The molecule has 1 heterocycles. The zero-order valence-corrected chi connectivity index (χ0v) is 28.7. The molecule has 0 atom stereocenters. The van der Waals surface area contributed by atoms with Gasteiger partial charge in [-0.05, 0) is 78.5 Å². The van der Waals surface area contributed by atoms with Crippen LogP contribution in [0.15, 0.2) is 188 Å². The van der Waals surface area contributed by atoms with Gasteiger partial charge in [0.15, 0.2) is 17.5 Å². The summed E-state index contributed by atoms with van der Waals surface area (Å²) in [6.07, 6.45) is 0. The fraction of sp³-hybridized carbons (Fsp3) is 0.0200. The van der Waals surface area contributed by atoms with Crippen LogP contribution in [0.25, 0.3) is 78.3 Å². The summed E-state index contributed by atoms with van der Waals surface area (Å²) in [5.74, 6) is 1.95. The van der Waals surface area contributed by atoms with Crippen LogP contribution in [-0.2, 0) is 5.41 Å². The molecule has 0 aliphatic heterocycles. The Hall–Kier alpha value is -6.97. The average Bonchev–Trinajstić information content (AvgIpc) is 3.71. The van der Waals surface area contributed by atoms with Crippen molar-refractivity contribution < 1.29 is 0 Å². The molecule has 11 rings (SSSR count). The van der Waals surface area contributed by atoms with E-state index in [-0.39, 0.29) is 0 Å². The standard InChI is InChI=1S/C50H31N3/c1-3-15-32(16-4-1)35-29-30-42(37-20-8-7-19-36(35)37)49-52-47(33-17-5-2-6-18-33)51-48(53-49)34-27-28-41-40-23-11-14-26-45(40)50(46(41)31-34)43-24-12-9-21-38(43)39-22-10-13-25-44(39)50/h1-31H. The quantitative estimate of drug-likeness (QED) is 0.187. The molecule has 9 aromatic rings. The van der Waals surface area contributed by atoms with Crippen LogP contribution >= 0.6 is 0 Å². The molecule has 0 unspecified atom stereocenters. The van der Waals surface area contributed by atoms with Crippen molar-refractivity contribution in [3.63, 3.8) is 0 Å². The molecule has 2 aliphatic rings. The van der Waals surface area contributed by atoms with E-state index in [1.54, 1.807) is 0 Å². The molecule has 0 amide bonds. The van der Waals surface area contributed by atoms with Crippen LogP contribution in [0.1, 0.15) is 22.3 Å². The molecule has 0 bridgehead atoms. The highest BCUT2D eigenvalue weighted by Crippen LogP contribution is 2.63. The van der Waals surface area contributed by atoms with Crippen molar-refractivity contribution >= 4 is 10.8 Å². The smallest absolute Gasteiger partial charge is 0.164 e. The van der Waals surface area contributed by atoms with Gasteiger partial charge in [-0.15, -0.1) is 0 Å². The predicted molar refractivity (Wildman–Crippen MR) is 215 cm³/mol.